The summed E-state index contributed by atoms with van der Waals surface area (Å²) in [6, 6.07) is 16.5. The first-order chi connectivity index (χ1) is 11.5. The van der Waals surface area contributed by atoms with E-state index in [0.717, 1.165) is 11.1 Å². The second-order valence-electron chi connectivity index (χ2n) is 5.72. The topological polar surface area (TPSA) is 61.4 Å². The SMILES string of the molecule is CNC(=O)NC(=O)[C@@H](c1ccccc1)N(C)Cc1ccccc1C. The molecular formula is C19H23N3O2. The van der Waals surface area contributed by atoms with Crippen LogP contribution in [0.15, 0.2) is 54.6 Å². The maximum Gasteiger partial charge on any atom is 0.321 e. The molecule has 0 fully saturated rings. The summed E-state index contributed by atoms with van der Waals surface area (Å²) >= 11 is 0. The van der Waals surface area contributed by atoms with Gasteiger partial charge < -0.3 is 5.32 Å². The zero-order valence-electron chi connectivity index (χ0n) is 14.2. The molecule has 0 aliphatic carbocycles. The van der Waals surface area contributed by atoms with Gasteiger partial charge >= 0.3 is 6.03 Å². The van der Waals surface area contributed by atoms with Crippen molar-refractivity contribution in [1.29, 1.82) is 0 Å². The van der Waals surface area contributed by atoms with Crippen molar-refractivity contribution in [3.8, 4) is 0 Å². The predicted molar refractivity (Wildman–Crippen MR) is 94.4 cm³/mol. The molecule has 24 heavy (non-hydrogen) atoms. The van der Waals surface area contributed by atoms with Crippen LogP contribution in [-0.4, -0.2) is 30.9 Å². The molecule has 0 saturated heterocycles. The van der Waals surface area contributed by atoms with Crippen molar-refractivity contribution in [2.45, 2.75) is 19.5 Å². The molecule has 0 saturated carbocycles. The number of likely N-dealkylation sites (N-methyl/N-ethyl adjacent to an activating group) is 1. The molecule has 2 rings (SSSR count). The van der Waals surface area contributed by atoms with Crippen molar-refractivity contribution < 1.29 is 9.59 Å². The van der Waals surface area contributed by atoms with Gasteiger partial charge in [0.25, 0.3) is 0 Å². The number of hydrogen-bond acceptors (Lipinski definition) is 3. The molecule has 5 nitrogen and oxygen atoms in total. The van der Waals surface area contributed by atoms with Gasteiger partial charge in [0, 0.05) is 13.6 Å². The quantitative estimate of drug-likeness (QED) is 0.888. The molecule has 1 atom stereocenters. The molecule has 0 heterocycles. The number of carbonyl (C=O) groups is 2. The van der Waals surface area contributed by atoms with Gasteiger partial charge in [-0.15, -0.1) is 0 Å². The maximum absolute atomic E-state index is 12.6. The highest BCUT2D eigenvalue weighted by Crippen LogP contribution is 2.22. The van der Waals surface area contributed by atoms with E-state index in [-0.39, 0.29) is 5.91 Å². The fraction of sp³-hybridized carbons (Fsp3) is 0.263. The molecule has 2 aromatic carbocycles. The van der Waals surface area contributed by atoms with E-state index in [9.17, 15) is 9.59 Å². The van der Waals surface area contributed by atoms with E-state index in [0.29, 0.717) is 6.54 Å². The Morgan fingerprint density at radius 3 is 2.29 bits per heavy atom. The molecule has 0 aliphatic rings. The average Bonchev–Trinajstić information content (AvgIpc) is 2.58. The van der Waals surface area contributed by atoms with Crippen LogP contribution in [0.2, 0.25) is 0 Å². The molecule has 126 valence electrons. The number of urea groups is 1. The van der Waals surface area contributed by atoms with Gasteiger partial charge in [0.2, 0.25) is 5.91 Å². The van der Waals surface area contributed by atoms with Crippen molar-refractivity contribution in [2.75, 3.05) is 14.1 Å². The second-order valence-corrected chi connectivity index (χ2v) is 5.72. The number of nitrogens with zero attached hydrogens (tertiary/aromatic N) is 1. The lowest BCUT2D eigenvalue weighted by molar-refractivity contribution is -0.125. The van der Waals surface area contributed by atoms with Crippen molar-refractivity contribution in [1.82, 2.24) is 15.5 Å². The number of benzene rings is 2. The van der Waals surface area contributed by atoms with Gasteiger partial charge in [0.15, 0.2) is 0 Å². The lowest BCUT2D eigenvalue weighted by atomic mass is 10.0. The van der Waals surface area contributed by atoms with Crippen LogP contribution in [0.3, 0.4) is 0 Å². The number of aryl methyl sites for hydroxylation is 1. The van der Waals surface area contributed by atoms with E-state index in [4.69, 9.17) is 0 Å². The molecule has 0 aliphatic heterocycles. The lowest BCUT2D eigenvalue weighted by Gasteiger charge is -2.27. The molecule has 0 bridgehead atoms. The molecular weight excluding hydrogens is 302 g/mol. The third kappa shape index (κ3) is 4.43. The highest BCUT2D eigenvalue weighted by Gasteiger charge is 2.26. The van der Waals surface area contributed by atoms with Crippen molar-refractivity contribution in [3.63, 3.8) is 0 Å². The van der Waals surface area contributed by atoms with Crippen molar-refractivity contribution in [2.24, 2.45) is 0 Å². The van der Waals surface area contributed by atoms with Gasteiger partial charge in [-0.25, -0.2) is 4.79 Å². The summed E-state index contributed by atoms with van der Waals surface area (Å²) in [4.78, 5) is 26.1. The van der Waals surface area contributed by atoms with Gasteiger partial charge in [-0.1, -0.05) is 54.6 Å². The first-order valence-corrected chi connectivity index (χ1v) is 7.85. The van der Waals surface area contributed by atoms with Crippen LogP contribution in [0, 0.1) is 6.92 Å². The number of imide groups is 1. The van der Waals surface area contributed by atoms with Crippen molar-refractivity contribution in [3.05, 3.63) is 71.3 Å². The van der Waals surface area contributed by atoms with Crippen LogP contribution < -0.4 is 10.6 Å². The number of amides is 3. The van der Waals surface area contributed by atoms with Crippen LogP contribution >= 0.6 is 0 Å². The Balaban J connectivity index is 2.26. The normalized spacial score (nSPS) is 11.8. The summed E-state index contributed by atoms with van der Waals surface area (Å²) in [5.74, 6) is -0.350. The standard InChI is InChI=1S/C19H23N3O2/c1-14-9-7-8-12-16(14)13-22(3)17(15-10-5-4-6-11-15)18(23)21-19(24)20-2/h4-12,17H,13H2,1-3H3,(H2,20,21,23,24)/t17-/m1/s1. The third-order valence-corrected chi connectivity index (χ3v) is 3.95. The van der Waals surface area contributed by atoms with E-state index in [2.05, 4.69) is 10.6 Å². The zero-order valence-corrected chi connectivity index (χ0v) is 14.2. The van der Waals surface area contributed by atoms with Gasteiger partial charge in [-0.2, -0.15) is 0 Å². The van der Waals surface area contributed by atoms with Gasteiger partial charge in [0.05, 0.1) is 0 Å². The maximum atomic E-state index is 12.6. The Bertz CT molecular complexity index is 701. The Hall–Kier alpha value is -2.66. The first kappa shape index (κ1) is 17.7. The van der Waals surface area contributed by atoms with Crippen LogP contribution in [-0.2, 0) is 11.3 Å². The largest absolute Gasteiger partial charge is 0.341 e. The summed E-state index contributed by atoms with van der Waals surface area (Å²) in [5.41, 5.74) is 3.16. The molecule has 0 aromatic heterocycles. The highest BCUT2D eigenvalue weighted by atomic mass is 16.2. The number of rotatable bonds is 5. The van der Waals surface area contributed by atoms with E-state index in [1.165, 1.54) is 12.6 Å². The molecule has 5 heteroatoms. The van der Waals surface area contributed by atoms with Crippen LogP contribution in [0.5, 0.6) is 0 Å². The van der Waals surface area contributed by atoms with Gasteiger partial charge in [-0.3, -0.25) is 15.0 Å². The van der Waals surface area contributed by atoms with Crippen LogP contribution in [0.1, 0.15) is 22.7 Å². The Labute approximate surface area is 142 Å². The fourth-order valence-electron chi connectivity index (χ4n) is 2.63. The number of carbonyl (C=O) groups excluding carboxylic acids is 2. The van der Waals surface area contributed by atoms with Gasteiger partial charge in [0.1, 0.15) is 6.04 Å². The predicted octanol–water partition coefficient (Wildman–Crippen LogP) is 2.62. The Morgan fingerprint density at radius 2 is 1.67 bits per heavy atom. The van der Waals surface area contributed by atoms with Gasteiger partial charge in [-0.05, 0) is 30.7 Å². The number of hydrogen-bond donors (Lipinski definition) is 2. The minimum atomic E-state index is -0.553. The summed E-state index contributed by atoms with van der Waals surface area (Å²) in [7, 11) is 3.37. The molecule has 2 N–H and O–H groups in total. The summed E-state index contributed by atoms with van der Waals surface area (Å²) < 4.78 is 0. The smallest absolute Gasteiger partial charge is 0.321 e. The highest BCUT2D eigenvalue weighted by molar-refractivity contribution is 5.97. The molecule has 0 spiro atoms. The zero-order chi connectivity index (χ0) is 17.5. The lowest BCUT2D eigenvalue weighted by Crippen LogP contribution is -2.44. The van der Waals surface area contributed by atoms with E-state index in [1.54, 1.807) is 0 Å². The molecule has 0 unspecified atom stereocenters. The summed E-state index contributed by atoms with van der Waals surface area (Å²) in [6.45, 7) is 2.65. The Morgan fingerprint density at radius 1 is 1.04 bits per heavy atom. The Kier molecular flexibility index (Phi) is 6.09. The monoisotopic (exact) mass is 325 g/mol. The average molecular weight is 325 g/mol. The molecule has 2 aromatic rings. The molecule has 0 radical (unpaired) electrons. The van der Waals surface area contributed by atoms with Crippen molar-refractivity contribution >= 4 is 11.9 Å². The number of nitrogens with one attached hydrogen (secondary N) is 2. The van der Waals surface area contributed by atoms with E-state index in [1.807, 2.05) is 73.5 Å². The van der Waals surface area contributed by atoms with E-state index >= 15 is 0 Å². The summed E-state index contributed by atoms with van der Waals surface area (Å²) in [5, 5.41) is 4.79. The minimum Gasteiger partial charge on any atom is -0.341 e. The minimum absolute atomic E-state index is 0.350. The first-order valence-electron chi connectivity index (χ1n) is 7.85. The third-order valence-electron chi connectivity index (χ3n) is 3.95. The molecule has 3 amide bonds. The van der Waals surface area contributed by atoms with E-state index < -0.39 is 12.1 Å². The summed E-state index contributed by atoms with van der Waals surface area (Å²) in [6.07, 6.45) is 0. The van der Waals surface area contributed by atoms with Crippen LogP contribution in [0.4, 0.5) is 4.79 Å². The fourth-order valence-corrected chi connectivity index (χ4v) is 2.63. The second kappa shape index (κ2) is 8.26. The van der Waals surface area contributed by atoms with Crippen LogP contribution in [0.25, 0.3) is 0 Å².